The predicted molar refractivity (Wildman–Crippen MR) is 138 cm³/mol. The first-order valence-electron chi connectivity index (χ1n) is 11.5. The summed E-state index contributed by atoms with van der Waals surface area (Å²) >= 11 is 0.904. The quantitative estimate of drug-likeness (QED) is 0.348. The summed E-state index contributed by atoms with van der Waals surface area (Å²) in [5, 5.41) is 2.77. The molecule has 1 amide bonds. The fourth-order valence-corrected chi connectivity index (χ4v) is 5.77. The first-order chi connectivity index (χ1) is 17.6. The number of hydrogen-bond donors (Lipinski definition) is 1. The number of carbonyl (C=O) groups excluding carboxylic acids is 3. The normalized spacial score (nSPS) is 11.4. The van der Waals surface area contributed by atoms with Crippen molar-refractivity contribution in [3.8, 4) is 0 Å². The molecule has 2 aromatic rings. The fourth-order valence-electron chi connectivity index (χ4n) is 3.28. The first-order valence-corrected chi connectivity index (χ1v) is 13.7. The van der Waals surface area contributed by atoms with Crippen molar-refractivity contribution in [2.75, 3.05) is 59.1 Å². The molecule has 1 aromatic heterocycles. The summed E-state index contributed by atoms with van der Waals surface area (Å²) < 4.78 is 47.6. The molecule has 204 valence electrons. The van der Waals surface area contributed by atoms with Crippen LogP contribution in [0.5, 0.6) is 0 Å². The van der Waals surface area contributed by atoms with Crippen molar-refractivity contribution >= 4 is 44.2 Å². The lowest BCUT2D eigenvalue weighted by Crippen LogP contribution is -2.36. The molecule has 1 aromatic carbocycles. The lowest BCUT2D eigenvalue weighted by atomic mass is 10.1. The Morgan fingerprint density at radius 3 is 1.97 bits per heavy atom. The van der Waals surface area contributed by atoms with E-state index in [-0.39, 0.29) is 65.4 Å². The maximum atomic E-state index is 13.1. The lowest BCUT2D eigenvalue weighted by molar-refractivity contribution is 0.0527. The van der Waals surface area contributed by atoms with Crippen molar-refractivity contribution in [3.63, 3.8) is 0 Å². The number of methoxy groups -OCH3 is 2. The average molecular weight is 557 g/mol. The van der Waals surface area contributed by atoms with Gasteiger partial charge in [0.1, 0.15) is 9.88 Å². The number of thiophene rings is 1. The van der Waals surface area contributed by atoms with Crippen LogP contribution in [0.2, 0.25) is 0 Å². The van der Waals surface area contributed by atoms with Gasteiger partial charge in [-0.15, -0.1) is 11.3 Å². The Kier molecular flexibility index (Phi) is 11.7. The molecule has 13 heteroatoms. The minimum Gasteiger partial charge on any atom is -0.462 e. The SMILES string of the molecule is CCOC(=O)c1sc(NC(=O)c2ccc(S(=O)(=O)N(CCOC)CCOC)cc2)c(C(=O)OCC)c1C. The van der Waals surface area contributed by atoms with Crippen molar-refractivity contribution in [1.29, 1.82) is 0 Å². The highest BCUT2D eigenvalue weighted by Crippen LogP contribution is 2.34. The van der Waals surface area contributed by atoms with Gasteiger partial charge in [0.05, 0.1) is 36.9 Å². The van der Waals surface area contributed by atoms with E-state index in [1.807, 2.05) is 0 Å². The first kappa shape index (κ1) is 30.4. The summed E-state index contributed by atoms with van der Waals surface area (Å²) in [6, 6.07) is 5.38. The highest BCUT2D eigenvalue weighted by molar-refractivity contribution is 7.89. The molecule has 0 aliphatic carbocycles. The average Bonchev–Trinajstić information content (AvgIpc) is 3.19. The highest BCUT2D eigenvalue weighted by atomic mass is 32.2. The Balaban J connectivity index is 2.32. The van der Waals surface area contributed by atoms with Crippen LogP contribution in [0.25, 0.3) is 0 Å². The van der Waals surface area contributed by atoms with Crippen molar-refractivity contribution in [2.24, 2.45) is 0 Å². The molecule has 0 radical (unpaired) electrons. The van der Waals surface area contributed by atoms with E-state index in [1.54, 1.807) is 20.8 Å². The van der Waals surface area contributed by atoms with Crippen molar-refractivity contribution < 1.29 is 41.7 Å². The predicted octanol–water partition coefficient (Wildman–Crippen LogP) is 2.95. The summed E-state index contributed by atoms with van der Waals surface area (Å²) in [7, 11) is -0.900. The van der Waals surface area contributed by atoms with Crippen molar-refractivity contribution in [2.45, 2.75) is 25.7 Å². The van der Waals surface area contributed by atoms with Crippen molar-refractivity contribution in [3.05, 3.63) is 45.8 Å². The number of esters is 2. The molecule has 0 unspecified atom stereocenters. The van der Waals surface area contributed by atoms with Gasteiger partial charge in [-0.05, 0) is 50.6 Å². The number of nitrogens with one attached hydrogen (secondary N) is 1. The van der Waals surface area contributed by atoms with Crippen LogP contribution < -0.4 is 5.32 Å². The number of rotatable bonds is 14. The van der Waals surface area contributed by atoms with Crippen LogP contribution in [0.1, 0.15) is 49.8 Å². The van der Waals surface area contributed by atoms with Gasteiger partial charge in [-0.3, -0.25) is 4.79 Å². The number of carbonyl (C=O) groups is 3. The van der Waals surface area contributed by atoms with Gasteiger partial charge >= 0.3 is 11.9 Å². The van der Waals surface area contributed by atoms with E-state index in [0.717, 1.165) is 11.3 Å². The molecule has 0 saturated carbocycles. The third-order valence-electron chi connectivity index (χ3n) is 5.16. The van der Waals surface area contributed by atoms with Gasteiger partial charge in [-0.2, -0.15) is 4.31 Å². The molecule has 2 rings (SSSR count). The summed E-state index contributed by atoms with van der Waals surface area (Å²) in [6.07, 6.45) is 0. The molecule has 0 fully saturated rings. The largest absolute Gasteiger partial charge is 0.462 e. The van der Waals surface area contributed by atoms with Crippen LogP contribution in [0, 0.1) is 6.92 Å². The van der Waals surface area contributed by atoms with Gasteiger partial charge in [0.15, 0.2) is 0 Å². The van der Waals surface area contributed by atoms with E-state index in [1.165, 1.54) is 42.8 Å². The minimum absolute atomic E-state index is 0.0000316. The third kappa shape index (κ3) is 7.58. The molecule has 0 atom stereocenters. The van der Waals surface area contributed by atoms with Crippen LogP contribution in [0.15, 0.2) is 29.2 Å². The standard InChI is InChI=1S/C24H32N2O9S2/c1-6-34-23(28)19-16(3)20(24(29)35-7-2)36-22(19)25-21(27)17-8-10-18(11-9-17)37(30,31)26(12-14-32-4)13-15-33-5/h8-11H,6-7,12-15H2,1-5H3,(H,25,27). The number of hydrogen-bond acceptors (Lipinski definition) is 10. The third-order valence-corrected chi connectivity index (χ3v) is 8.26. The van der Waals surface area contributed by atoms with Crippen LogP contribution in [-0.4, -0.2) is 84.3 Å². The van der Waals surface area contributed by atoms with E-state index < -0.39 is 27.9 Å². The Hall–Kier alpha value is -2.84. The molecule has 11 nitrogen and oxygen atoms in total. The van der Waals surface area contributed by atoms with E-state index in [0.29, 0.717) is 5.56 Å². The number of sulfonamides is 1. The van der Waals surface area contributed by atoms with Gasteiger partial charge in [-0.1, -0.05) is 0 Å². The second kappa shape index (κ2) is 14.2. The topological polar surface area (TPSA) is 138 Å². The maximum Gasteiger partial charge on any atom is 0.348 e. The zero-order chi connectivity index (χ0) is 27.6. The summed E-state index contributed by atoms with van der Waals surface area (Å²) in [5.74, 6) is -1.89. The van der Waals surface area contributed by atoms with E-state index in [4.69, 9.17) is 18.9 Å². The summed E-state index contributed by atoms with van der Waals surface area (Å²) in [4.78, 5) is 38.0. The van der Waals surface area contributed by atoms with Crippen LogP contribution in [-0.2, 0) is 29.0 Å². The summed E-state index contributed by atoms with van der Waals surface area (Å²) in [5.41, 5.74) is 0.554. The Morgan fingerprint density at radius 1 is 0.919 bits per heavy atom. The smallest absolute Gasteiger partial charge is 0.348 e. The molecule has 0 aliphatic heterocycles. The van der Waals surface area contributed by atoms with E-state index >= 15 is 0 Å². The van der Waals surface area contributed by atoms with Crippen LogP contribution in [0.4, 0.5) is 5.00 Å². The number of benzene rings is 1. The second-order valence-corrected chi connectivity index (χ2v) is 10.5. The Bertz CT molecular complexity index is 1180. The van der Waals surface area contributed by atoms with Crippen LogP contribution in [0.3, 0.4) is 0 Å². The number of anilines is 1. The molecule has 37 heavy (non-hydrogen) atoms. The molecule has 0 bridgehead atoms. The van der Waals surface area contributed by atoms with E-state index in [2.05, 4.69) is 5.32 Å². The van der Waals surface area contributed by atoms with Gasteiger partial charge in [-0.25, -0.2) is 18.0 Å². The van der Waals surface area contributed by atoms with Crippen LogP contribution >= 0.6 is 11.3 Å². The van der Waals surface area contributed by atoms with Crippen molar-refractivity contribution in [1.82, 2.24) is 4.31 Å². The molecular formula is C24H32N2O9S2. The lowest BCUT2D eigenvalue weighted by Gasteiger charge is -2.21. The zero-order valence-electron chi connectivity index (χ0n) is 21.5. The van der Waals surface area contributed by atoms with Gasteiger partial charge < -0.3 is 24.3 Å². The molecule has 0 saturated heterocycles. The molecule has 1 N–H and O–H groups in total. The molecule has 0 aliphatic rings. The summed E-state index contributed by atoms with van der Waals surface area (Å²) in [6.45, 7) is 5.83. The molecule has 1 heterocycles. The monoisotopic (exact) mass is 556 g/mol. The van der Waals surface area contributed by atoms with Gasteiger partial charge in [0.2, 0.25) is 10.0 Å². The highest BCUT2D eigenvalue weighted by Gasteiger charge is 2.28. The number of nitrogens with zero attached hydrogens (tertiary/aromatic N) is 1. The van der Waals surface area contributed by atoms with Gasteiger partial charge in [0, 0.05) is 32.9 Å². The fraction of sp³-hybridized carbons (Fsp3) is 0.458. The number of amides is 1. The molecular weight excluding hydrogens is 524 g/mol. The second-order valence-electron chi connectivity index (χ2n) is 7.57. The Labute approximate surface area is 220 Å². The van der Waals surface area contributed by atoms with E-state index in [9.17, 15) is 22.8 Å². The Morgan fingerprint density at radius 2 is 1.46 bits per heavy atom. The van der Waals surface area contributed by atoms with Gasteiger partial charge in [0.25, 0.3) is 5.91 Å². The zero-order valence-corrected chi connectivity index (χ0v) is 23.1. The maximum absolute atomic E-state index is 13.1. The minimum atomic E-state index is -3.86. The number of ether oxygens (including phenoxy) is 4. The molecule has 0 spiro atoms.